The third-order valence-corrected chi connectivity index (χ3v) is 2.17. The molecule has 0 spiro atoms. The van der Waals surface area contributed by atoms with E-state index in [4.69, 9.17) is 14.3 Å². The van der Waals surface area contributed by atoms with Gasteiger partial charge in [-0.2, -0.15) is 4.98 Å². The van der Waals surface area contributed by atoms with Gasteiger partial charge in [-0.15, -0.1) is 0 Å². The predicted molar refractivity (Wildman–Crippen MR) is 65.7 cm³/mol. The monoisotopic (exact) mass is 254 g/mol. The Labute approximate surface area is 106 Å². The highest BCUT2D eigenvalue weighted by Crippen LogP contribution is 2.19. The number of carbonyl (C=O) groups excluding carboxylic acids is 1. The lowest BCUT2D eigenvalue weighted by Gasteiger charge is -2.15. The van der Waals surface area contributed by atoms with Crippen LogP contribution in [0.2, 0.25) is 0 Å². The Morgan fingerprint density at radius 1 is 1.22 bits per heavy atom. The van der Waals surface area contributed by atoms with E-state index < -0.39 is 0 Å². The summed E-state index contributed by atoms with van der Waals surface area (Å²) < 4.78 is 10.6. The number of hydroxylamine groups is 2. The van der Waals surface area contributed by atoms with Gasteiger partial charge in [0, 0.05) is 19.2 Å². The molecular formula is C12H18N2O4. The summed E-state index contributed by atoms with van der Waals surface area (Å²) in [5, 5.41) is 1.13. The highest BCUT2D eigenvalue weighted by Gasteiger charge is 2.15. The van der Waals surface area contributed by atoms with Gasteiger partial charge in [-0.1, -0.05) is 0 Å². The molecule has 1 heterocycles. The van der Waals surface area contributed by atoms with Crippen molar-refractivity contribution in [2.75, 3.05) is 27.4 Å². The maximum absolute atomic E-state index is 12.0. The summed E-state index contributed by atoms with van der Waals surface area (Å²) in [7, 11) is 2.95. The Morgan fingerprint density at radius 2 is 1.72 bits per heavy atom. The standard InChI is InChI=1S/C12H18N2O4/c1-5-17-10-7-9(12(15)14(3)16-4)8-11(13-10)18-6-2/h7-8H,5-6H2,1-4H3. The number of carbonyl (C=O) groups is 1. The summed E-state index contributed by atoms with van der Waals surface area (Å²) in [5.74, 6) is 0.425. The minimum atomic E-state index is -0.290. The fourth-order valence-corrected chi connectivity index (χ4v) is 1.31. The van der Waals surface area contributed by atoms with Crippen molar-refractivity contribution in [3.63, 3.8) is 0 Å². The van der Waals surface area contributed by atoms with E-state index in [0.29, 0.717) is 30.5 Å². The maximum Gasteiger partial charge on any atom is 0.277 e. The van der Waals surface area contributed by atoms with Crippen molar-refractivity contribution in [3.8, 4) is 11.8 Å². The number of hydrogen-bond donors (Lipinski definition) is 0. The van der Waals surface area contributed by atoms with Crippen LogP contribution in [0, 0.1) is 0 Å². The molecule has 1 aromatic heterocycles. The van der Waals surface area contributed by atoms with E-state index in [1.807, 2.05) is 13.8 Å². The second-order valence-corrected chi connectivity index (χ2v) is 3.38. The molecule has 0 aliphatic heterocycles. The zero-order valence-corrected chi connectivity index (χ0v) is 11.1. The lowest BCUT2D eigenvalue weighted by molar-refractivity contribution is -0.0757. The number of ether oxygens (including phenoxy) is 2. The van der Waals surface area contributed by atoms with E-state index in [0.717, 1.165) is 5.06 Å². The normalized spacial score (nSPS) is 10.0. The average molecular weight is 254 g/mol. The SMILES string of the molecule is CCOc1cc(C(=O)N(C)OC)cc(OCC)n1. The molecular weight excluding hydrogens is 236 g/mol. The molecule has 1 amide bonds. The van der Waals surface area contributed by atoms with E-state index in [1.54, 1.807) is 12.1 Å². The zero-order chi connectivity index (χ0) is 13.5. The molecule has 1 aromatic rings. The topological polar surface area (TPSA) is 60.9 Å². The van der Waals surface area contributed by atoms with Crippen LogP contribution >= 0.6 is 0 Å². The lowest BCUT2D eigenvalue weighted by atomic mass is 10.2. The highest BCUT2D eigenvalue weighted by molar-refractivity contribution is 5.93. The summed E-state index contributed by atoms with van der Waals surface area (Å²) >= 11 is 0. The van der Waals surface area contributed by atoms with Crippen molar-refractivity contribution in [2.24, 2.45) is 0 Å². The third-order valence-electron chi connectivity index (χ3n) is 2.17. The van der Waals surface area contributed by atoms with Crippen LogP contribution in [0.3, 0.4) is 0 Å². The highest BCUT2D eigenvalue weighted by atomic mass is 16.7. The fraction of sp³-hybridized carbons (Fsp3) is 0.500. The Hall–Kier alpha value is -1.82. The van der Waals surface area contributed by atoms with Gasteiger partial charge in [0.05, 0.1) is 25.9 Å². The first kappa shape index (κ1) is 14.2. The first-order chi connectivity index (χ1) is 8.62. The quantitative estimate of drug-likeness (QED) is 0.720. The molecule has 0 fully saturated rings. The Balaban J connectivity index is 3.05. The van der Waals surface area contributed by atoms with Gasteiger partial charge < -0.3 is 9.47 Å². The fourth-order valence-electron chi connectivity index (χ4n) is 1.31. The number of pyridine rings is 1. The molecule has 0 bridgehead atoms. The molecule has 0 atom stereocenters. The second-order valence-electron chi connectivity index (χ2n) is 3.38. The van der Waals surface area contributed by atoms with Gasteiger partial charge in [-0.25, -0.2) is 5.06 Å². The smallest absolute Gasteiger partial charge is 0.277 e. The minimum absolute atomic E-state index is 0.290. The molecule has 0 saturated heterocycles. The molecule has 0 aliphatic carbocycles. The number of aromatic nitrogens is 1. The molecule has 1 rings (SSSR count). The van der Waals surface area contributed by atoms with Gasteiger partial charge in [-0.05, 0) is 13.8 Å². The third kappa shape index (κ3) is 3.59. The minimum Gasteiger partial charge on any atom is -0.478 e. The van der Waals surface area contributed by atoms with E-state index >= 15 is 0 Å². The van der Waals surface area contributed by atoms with Crippen LogP contribution in [-0.2, 0) is 4.84 Å². The Kier molecular flexibility index (Phi) is 5.38. The van der Waals surface area contributed by atoms with Crippen molar-refractivity contribution in [1.82, 2.24) is 10.0 Å². The summed E-state index contributed by atoms with van der Waals surface area (Å²) in [6, 6.07) is 3.12. The van der Waals surface area contributed by atoms with Crippen LogP contribution in [0.25, 0.3) is 0 Å². The molecule has 100 valence electrons. The van der Waals surface area contributed by atoms with Crippen molar-refractivity contribution in [3.05, 3.63) is 17.7 Å². The van der Waals surface area contributed by atoms with Crippen LogP contribution in [0.15, 0.2) is 12.1 Å². The molecule has 18 heavy (non-hydrogen) atoms. The molecule has 6 nitrogen and oxygen atoms in total. The molecule has 0 aliphatic rings. The molecule has 0 saturated carbocycles. The predicted octanol–water partition coefficient (Wildman–Crippen LogP) is 1.51. The second kappa shape index (κ2) is 6.80. The van der Waals surface area contributed by atoms with Crippen molar-refractivity contribution in [2.45, 2.75) is 13.8 Å². The number of hydrogen-bond acceptors (Lipinski definition) is 5. The largest absolute Gasteiger partial charge is 0.478 e. The van der Waals surface area contributed by atoms with E-state index in [9.17, 15) is 4.79 Å². The van der Waals surface area contributed by atoms with Crippen LogP contribution < -0.4 is 9.47 Å². The van der Waals surface area contributed by atoms with E-state index in [1.165, 1.54) is 14.2 Å². The average Bonchev–Trinajstić information content (AvgIpc) is 2.37. The van der Waals surface area contributed by atoms with Gasteiger partial charge >= 0.3 is 0 Å². The number of rotatable bonds is 6. The lowest BCUT2D eigenvalue weighted by Crippen LogP contribution is -2.25. The van der Waals surface area contributed by atoms with Crippen molar-refractivity contribution in [1.29, 1.82) is 0 Å². The summed E-state index contributed by atoms with van der Waals surface area (Å²) in [6.07, 6.45) is 0. The van der Waals surface area contributed by atoms with Crippen molar-refractivity contribution >= 4 is 5.91 Å². The molecule has 0 aromatic carbocycles. The summed E-state index contributed by atoms with van der Waals surface area (Å²) in [5.41, 5.74) is 0.404. The van der Waals surface area contributed by atoms with E-state index in [2.05, 4.69) is 4.98 Å². The van der Waals surface area contributed by atoms with Gasteiger partial charge in [0.15, 0.2) is 0 Å². The van der Waals surface area contributed by atoms with Crippen LogP contribution in [0.4, 0.5) is 0 Å². The maximum atomic E-state index is 12.0. The molecule has 0 radical (unpaired) electrons. The zero-order valence-electron chi connectivity index (χ0n) is 11.1. The summed E-state index contributed by atoms with van der Waals surface area (Å²) in [6.45, 7) is 4.63. The van der Waals surface area contributed by atoms with Crippen LogP contribution in [0.5, 0.6) is 11.8 Å². The Bertz CT molecular complexity index is 385. The summed E-state index contributed by atoms with van der Waals surface area (Å²) in [4.78, 5) is 20.9. The van der Waals surface area contributed by atoms with E-state index in [-0.39, 0.29) is 5.91 Å². The van der Waals surface area contributed by atoms with Gasteiger partial charge in [0.25, 0.3) is 5.91 Å². The number of nitrogens with zero attached hydrogens (tertiary/aromatic N) is 2. The molecule has 6 heteroatoms. The van der Waals surface area contributed by atoms with Crippen molar-refractivity contribution < 1.29 is 19.1 Å². The first-order valence-corrected chi connectivity index (χ1v) is 5.72. The number of amides is 1. The Morgan fingerprint density at radius 3 is 2.11 bits per heavy atom. The van der Waals surface area contributed by atoms with Crippen LogP contribution in [-0.4, -0.2) is 43.3 Å². The van der Waals surface area contributed by atoms with Crippen LogP contribution in [0.1, 0.15) is 24.2 Å². The van der Waals surface area contributed by atoms with Gasteiger partial charge in [0.2, 0.25) is 11.8 Å². The molecule has 0 unspecified atom stereocenters. The first-order valence-electron chi connectivity index (χ1n) is 5.72. The van der Waals surface area contributed by atoms with Gasteiger partial charge in [0.1, 0.15) is 0 Å². The van der Waals surface area contributed by atoms with Gasteiger partial charge in [-0.3, -0.25) is 9.63 Å². The molecule has 0 N–H and O–H groups in total.